The Hall–Kier alpha value is -0.890. The second-order valence-electron chi connectivity index (χ2n) is 8.11. The highest BCUT2D eigenvalue weighted by Gasteiger charge is 2.58. The van der Waals surface area contributed by atoms with Crippen LogP contribution in [0.2, 0.25) is 0 Å². The topological polar surface area (TPSA) is 34.1 Å². The quantitative estimate of drug-likeness (QED) is 0.662. The summed E-state index contributed by atoms with van der Waals surface area (Å²) in [4.78, 5) is 24.3. The van der Waals surface area contributed by atoms with Crippen LogP contribution >= 0.6 is 11.6 Å². The van der Waals surface area contributed by atoms with Gasteiger partial charge in [-0.15, -0.1) is 0 Å². The van der Waals surface area contributed by atoms with Gasteiger partial charge in [-0.1, -0.05) is 31.5 Å². The molecule has 0 aromatic carbocycles. The third-order valence-corrected chi connectivity index (χ3v) is 7.77. The summed E-state index contributed by atoms with van der Waals surface area (Å²) in [5.74, 6) is 2.10. The molecule has 0 aromatic heterocycles. The Balaban J connectivity index is 1.75. The van der Waals surface area contributed by atoms with Crippen molar-refractivity contribution in [3.05, 3.63) is 22.8 Å². The van der Waals surface area contributed by atoms with Crippen LogP contribution in [0.5, 0.6) is 0 Å². The first-order chi connectivity index (χ1) is 10.4. The van der Waals surface area contributed by atoms with Crippen molar-refractivity contribution >= 4 is 23.2 Å². The van der Waals surface area contributed by atoms with E-state index in [1.165, 1.54) is 0 Å². The molecule has 0 radical (unpaired) electrons. The number of rotatable bonds is 0. The van der Waals surface area contributed by atoms with E-state index >= 15 is 0 Å². The van der Waals surface area contributed by atoms with E-state index < -0.39 is 0 Å². The van der Waals surface area contributed by atoms with Crippen LogP contribution in [0.1, 0.15) is 52.4 Å². The van der Waals surface area contributed by atoms with Gasteiger partial charge in [-0.3, -0.25) is 9.59 Å². The van der Waals surface area contributed by atoms with Gasteiger partial charge in [-0.2, -0.15) is 0 Å². The zero-order valence-electron chi connectivity index (χ0n) is 13.3. The molecular weight excluding hydrogens is 296 g/mol. The van der Waals surface area contributed by atoms with Crippen LogP contribution in [-0.2, 0) is 9.59 Å². The predicted octanol–water partition coefficient (Wildman–Crippen LogP) is 4.43. The molecular formula is C19H23ClO2. The van der Waals surface area contributed by atoms with Crippen LogP contribution in [0, 0.1) is 28.6 Å². The highest BCUT2D eigenvalue weighted by molar-refractivity contribution is 6.45. The second kappa shape index (κ2) is 4.56. The van der Waals surface area contributed by atoms with E-state index in [1.54, 1.807) is 6.08 Å². The fourth-order valence-corrected chi connectivity index (χ4v) is 6.41. The van der Waals surface area contributed by atoms with Crippen molar-refractivity contribution in [2.24, 2.45) is 28.6 Å². The summed E-state index contributed by atoms with van der Waals surface area (Å²) in [6.07, 6.45) is 9.66. The molecule has 0 N–H and O–H groups in total. The molecule has 4 rings (SSSR count). The van der Waals surface area contributed by atoms with Gasteiger partial charge in [0.05, 0.1) is 5.03 Å². The minimum atomic E-state index is -0.0866. The molecule has 3 saturated carbocycles. The maximum absolute atomic E-state index is 12.4. The zero-order chi connectivity index (χ0) is 15.7. The van der Waals surface area contributed by atoms with Gasteiger partial charge in [0.1, 0.15) is 5.78 Å². The van der Waals surface area contributed by atoms with Crippen molar-refractivity contribution in [1.82, 2.24) is 0 Å². The van der Waals surface area contributed by atoms with Gasteiger partial charge in [-0.05, 0) is 61.5 Å². The van der Waals surface area contributed by atoms with E-state index in [2.05, 4.69) is 19.9 Å². The average Bonchev–Trinajstić information content (AvgIpc) is 2.79. The zero-order valence-corrected chi connectivity index (χ0v) is 14.1. The van der Waals surface area contributed by atoms with Crippen molar-refractivity contribution in [2.75, 3.05) is 0 Å². The molecule has 3 heteroatoms. The lowest BCUT2D eigenvalue weighted by Gasteiger charge is -2.55. The Morgan fingerprint density at radius 2 is 1.86 bits per heavy atom. The van der Waals surface area contributed by atoms with Gasteiger partial charge in [0.25, 0.3) is 0 Å². The number of hydrogen-bond donors (Lipinski definition) is 0. The van der Waals surface area contributed by atoms with Crippen LogP contribution in [0.3, 0.4) is 0 Å². The maximum atomic E-state index is 12.4. The normalized spacial score (nSPS) is 47.3. The van der Waals surface area contributed by atoms with Crippen molar-refractivity contribution in [2.45, 2.75) is 52.4 Å². The van der Waals surface area contributed by atoms with E-state index in [-0.39, 0.29) is 16.6 Å². The lowest BCUT2D eigenvalue weighted by atomic mass is 9.48. The molecule has 0 bridgehead atoms. The van der Waals surface area contributed by atoms with E-state index in [1.807, 2.05) is 0 Å². The van der Waals surface area contributed by atoms with E-state index in [0.717, 1.165) is 44.1 Å². The van der Waals surface area contributed by atoms with Crippen LogP contribution in [0.4, 0.5) is 0 Å². The molecule has 0 heterocycles. The second-order valence-corrected chi connectivity index (χ2v) is 8.48. The standard InChI is InChI=1S/C19H23ClO2/c1-18-10-8-15(21)17(20)14(18)4-3-11-12-5-6-16(22)19(12,2)9-7-13(11)18/h8,10-13H,3-7,9H2,1-2H3/t11-,12-,13-,18+,19-/m0/s1. The van der Waals surface area contributed by atoms with Gasteiger partial charge in [0, 0.05) is 17.3 Å². The first kappa shape index (κ1) is 14.7. The molecule has 118 valence electrons. The number of allylic oxidation sites excluding steroid dienone is 4. The third kappa shape index (κ3) is 1.68. The summed E-state index contributed by atoms with van der Waals surface area (Å²) in [7, 11) is 0. The Morgan fingerprint density at radius 3 is 2.64 bits per heavy atom. The van der Waals surface area contributed by atoms with Gasteiger partial charge in [0.15, 0.2) is 5.78 Å². The maximum Gasteiger partial charge on any atom is 0.196 e. The molecule has 0 unspecified atom stereocenters. The summed E-state index contributed by atoms with van der Waals surface area (Å²) >= 11 is 6.35. The van der Waals surface area contributed by atoms with Gasteiger partial charge in [-0.25, -0.2) is 0 Å². The van der Waals surface area contributed by atoms with Crippen LogP contribution in [0.25, 0.3) is 0 Å². The smallest absolute Gasteiger partial charge is 0.196 e. The molecule has 0 saturated heterocycles. The molecule has 3 fully saturated rings. The molecule has 0 aliphatic heterocycles. The van der Waals surface area contributed by atoms with Crippen molar-refractivity contribution in [1.29, 1.82) is 0 Å². The largest absolute Gasteiger partial charge is 0.299 e. The lowest BCUT2D eigenvalue weighted by Crippen LogP contribution is -2.50. The first-order valence-electron chi connectivity index (χ1n) is 8.54. The third-order valence-electron chi connectivity index (χ3n) is 7.36. The van der Waals surface area contributed by atoms with Crippen LogP contribution in [-0.4, -0.2) is 11.6 Å². The van der Waals surface area contributed by atoms with E-state index in [4.69, 9.17) is 11.6 Å². The van der Waals surface area contributed by atoms with Gasteiger partial charge >= 0.3 is 0 Å². The molecule has 4 aliphatic rings. The van der Waals surface area contributed by atoms with E-state index in [9.17, 15) is 9.59 Å². The Bertz CT molecular complexity index is 631. The van der Waals surface area contributed by atoms with Crippen molar-refractivity contribution < 1.29 is 9.59 Å². The molecule has 0 amide bonds. The van der Waals surface area contributed by atoms with Crippen molar-refractivity contribution in [3.8, 4) is 0 Å². The highest BCUT2D eigenvalue weighted by atomic mass is 35.5. The summed E-state index contributed by atoms with van der Waals surface area (Å²) in [5.41, 5.74) is 0.980. The van der Waals surface area contributed by atoms with Crippen molar-refractivity contribution in [3.63, 3.8) is 0 Å². The minimum Gasteiger partial charge on any atom is -0.299 e. The molecule has 5 atom stereocenters. The number of ketones is 2. The van der Waals surface area contributed by atoms with Gasteiger partial charge < -0.3 is 0 Å². The monoisotopic (exact) mass is 318 g/mol. The van der Waals surface area contributed by atoms with Crippen LogP contribution in [0.15, 0.2) is 22.8 Å². The first-order valence-corrected chi connectivity index (χ1v) is 8.92. The Kier molecular flexibility index (Phi) is 3.05. The fraction of sp³-hybridized carbons (Fsp3) is 0.684. The minimum absolute atomic E-state index is 0.0377. The Labute approximate surface area is 137 Å². The SMILES string of the molecule is C[C@]12C=CC(=O)C(Cl)=C1CC[C@@H]1[C@@H]2CC[C@]2(C)C(=O)CC[C@@H]12. The number of Topliss-reactive ketones (excluding diaryl/α,β-unsaturated/α-hetero) is 1. The fourth-order valence-electron chi connectivity index (χ4n) is 6.05. The summed E-state index contributed by atoms with van der Waals surface area (Å²) in [6, 6.07) is 0. The molecule has 0 aromatic rings. The molecule has 0 spiro atoms. The van der Waals surface area contributed by atoms with E-state index in [0.29, 0.717) is 28.6 Å². The Morgan fingerprint density at radius 1 is 1.09 bits per heavy atom. The highest BCUT2D eigenvalue weighted by Crippen LogP contribution is 2.64. The summed E-state index contributed by atoms with van der Waals surface area (Å²) in [6.45, 7) is 4.45. The summed E-state index contributed by atoms with van der Waals surface area (Å²) in [5, 5.41) is 0.458. The molecule has 22 heavy (non-hydrogen) atoms. The summed E-state index contributed by atoms with van der Waals surface area (Å²) < 4.78 is 0. The number of carbonyl (C=O) groups excluding carboxylic acids is 2. The number of hydrogen-bond acceptors (Lipinski definition) is 2. The molecule has 2 nitrogen and oxygen atoms in total. The number of fused-ring (bicyclic) bond motifs is 5. The molecule has 4 aliphatic carbocycles. The predicted molar refractivity (Wildman–Crippen MR) is 86.4 cm³/mol. The number of halogens is 1. The number of carbonyl (C=O) groups is 2. The average molecular weight is 319 g/mol. The van der Waals surface area contributed by atoms with Crippen LogP contribution < -0.4 is 0 Å². The van der Waals surface area contributed by atoms with Gasteiger partial charge in [0.2, 0.25) is 0 Å². The lowest BCUT2D eigenvalue weighted by molar-refractivity contribution is -0.131.